The lowest BCUT2D eigenvalue weighted by atomic mass is 9.68. The van der Waals surface area contributed by atoms with Crippen molar-refractivity contribution in [1.29, 1.82) is 0 Å². The molecular weight excluding hydrogens is 312 g/mol. The van der Waals surface area contributed by atoms with Gasteiger partial charge in [-0.2, -0.15) is 0 Å². The molecule has 2 aromatic rings. The summed E-state index contributed by atoms with van der Waals surface area (Å²) in [4.78, 5) is 21.8. The number of piperidine rings is 1. The number of imidazole rings is 1. The van der Waals surface area contributed by atoms with Gasteiger partial charge >= 0.3 is 0 Å². The molecule has 2 saturated heterocycles. The first kappa shape index (κ1) is 16.3. The topological polar surface area (TPSA) is 41.4 Å². The van der Waals surface area contributed by atoms with Crippen LogP contribution in [0.3, 0.4) is 0 Å². The Morgan fingerprint density at radius 3 is 2.52 bits per heavy atom. The Bertz CT molecular complexity index is 746. The van der Waals surface area contributed by atoms with Gasteiger partial charge in [0.15, 0.2) is 0 Å². The van der Waals surface area contributed by atoms with Gasteiger partial charge in [-0.25, -0.2) is 4.98 Å². The fourth-order valence-corrected chi connectivity index (χ4v) is 4.59. The fourth-order valence-electron chi connectivity index (χ4n) is 4.59. The summed E-state index contributed by atoms with van der Waals surface area (Å²) in [5, 5.41) is 0. The molecule has 5 nitrogen and oxygen atoms in total. The SMILES string of the molecule is CN1C[C@H](c2ccccc2)C2(CCN(Cc3nccn3C)CC2)C1=O. The first-order chi connectivity index (χ1) is 12.1. The highest BCUT2D eigenvalue weighted by Crippen LogP contribution is 2.50. The van der Waals surface area contributed by atoms with Crippen LogP contribution in [0.2, 0.25) is 0 Å². The van der Waals surface area contributed by atoms with Crippen molar-refractivity contribution < 1.29 is 4.79 Å². The van der Waals surface area contributed by atoms with E-state index in [0.717, 1.165) is 44.8 Å². The molecule has 2 aliphatic rings. The van der Waals surface area contributed by atoms with Crippen LogP contribution < -0.4 is 0 Å². The molecule has 5 heteroatoms. The highest BCUT2D eigenvalue weighted by atomic mass is 16.2. The molecular formula is C20H26N4O. The summed E-state index contributed by atoms with van der Waals surface area (Å²) >= 11 is 0. The number of nitrogens with zero attached hydrogens (tertiary/aromatic N) is 4. The number of hydrogen-bond donors (Lipinski definition) is 0. The second kappa shape index (κ2) is 6.30. The van der Waals surface area contributed by atoms with Crippen molar-refractivity contribution in [3.8, 4) is 0 Å². The lowest BCUT2D eigenvalue weighted by Gasteiger charge is -2.41. The van der Waals surface area contributed by atoms with E-state index >= 15 is 0 Å². The number of amides is 1. The van der Waals surface area contributed by atoms with E-state index in [9.17, 15) is 4.79 Å². The monoisotopic (exact) mass is 338 g/mol. The van der Waals surface area contributed by atoms with Gasteiger partial charge in [0.05, 0.1) is 12.0 Å². The van der Waals surface area contributed by atoms with Crippen LogP contribution in [0.4, 0.5) is 0 Å². The van der Waals surface area contributed by atoms with Crippen LogP contribution in [0, 0.1) is 5.41 Å². The summed E-state index contributed by atoms with van der Waals surface area (Å²) in [5.74, 6) is 1.73. The first-order valence-electron chi connectivity index (χ1n) is 9.09. The second-order valence-corrected chi connectivity index (χ2v) is 7.54. The molecule has 0 bridgehead atoms. The van der Waals surface area contributed by atoms with Crippen molar-refractivity contribution in [3.05, 3.63) is 54.1 Å². The normalized spacial score (nSPS) is 23.5. The molecule has 1 amide bonds. The van der Waals surface area contributed by atoms with E-state index in [4.69, 9.17) is 0 Å². The van der Waals surface area contributed by atoms with Gasteiger partial charge < -0.3 is 9.47 Å². The number of aromatic nitrogens is 2. The number of rotatable bonds is 3. The third-order valence-corrected chi connectivity index (χ3v) is 6.13. The van der Waals surface area contributed by atoms with Crippen molar-refractivity contribution in [2.75, 3.05) is 26.7 Å². The van der Waals surface area contributed by atoms with Crippen molar-refractivity contribution in [3.63, 3.8) is 0 Å². The number of likely N-dealkylation sites (tertiary alicyclic amines) is 2. The van der Waals surface area contributed by atoms with E-state index < -0.39 is 0 Å². The van der Waals surface area contributed by atoms with E-state index in [-0.39, 0.29) is 5.41 Å². The summed E-state index contributed by atoms with van der Waals surface area (Å²) in [6.45, 7) is 3.60. The van der Waals surface area contributed by atoms with E-state index in [0.29, 0.717) is 11.8 Å². The molecule has 1 atom stereocenters. The third-order valence-electron chi connectivity index (χ3n) is 6.13. The number of carbonyl (C=O) groups excluding carboxylic acids is 1. The molecule has 2 fully saturated rings. The summed E-state index contributed by atoms with van der Waals surface area (Å²) in [7, 11) is 3.99. The molecule has 2 aliphatic heterocycles. The predicted molar refractivity (Wildman–Crippen MR) is 97.0 cm³/mol. The summed E-state index contributed by atoms with van der Waals surface area (Å²) in [6.07, 6.45) is 5.70. The Morgan fingerprint density at radius 1 is 1.16 bits per heavy atom. The van der Waals surface area contributed by atoms with Crippen LogP contribution in [0.25, 0.3) is 0 Å². The van der Waals surface area contributed by atoms with Gasteiger partial charge in [-0.1, -0.05) is 30.3 Å². The zero-order valence-corrected chi connectivity index (χ0v) is 15.1. The molecule has 25 heavy (non-hydrogen) atoms. The van der Waals surface area contributed by atoms with E-state index in [1.54, 1.807) is 0 Å². The van der Waals surface area contributed by atoms with E-state index in [1.807, 2.05) is 37.5 Å². The van der Waals surface area contributed by atoms with Crippen molar-refractivity contribution in [1.82, 2.24) is 19.4 Å². The van der Waals surface area contributed by atoms with Gasteiger partial charge in [0, 0.05) is 39.0 Å². The minimum absolute atomic E-state index is 0.228. The Hall–Kier alpha value is -2.14. The molecule has 0 N–H and O–H groups in total. The number of aryl methyl sites for hydroxylation is 1. The van der Waals surface area contributed by atoms with Crippen molar-refractivity contribution >= 4 is 5.91 Å². The van der Waals surface area contributed by atoms with Gasteiger partial charge in [0.2, 0.25) is 5.91 Å². The summed E-state index contributed by atoms with van der Waals surface area (Å²) in [5.41, 5.74) is 1.08. The van der Waals surface area contributed by atoms with E-state index in [1.165, 1.54) is 5.56 Å². The largest absolute Gasteiger partial charge is 0.345 e. The smallest absolute Gasteiger partial charge is 0.229 e. The van der Waals surface area contributed by atoms with Gasteiger partial charge in [0.1, 0.15) is 5.82 Å². The van der Waals surface area contributed by atoms with Crippen molar-refractivity contribution in [2.24, 2.45) is 12.5 Å². The minimum Gasteiger partial charge on any atom is -0.345 e. The van der Waals surface area contributed by atoms with Gasteiger partial charge in [-0.15, -0.1) is 0 Å². The first-order valence-corrected chi connectivity index (χ1v) is 9.09. The van der Waals surface area contributed by atoms with Crippen LogP contribution in [0.5, 0.6) is 0 Å². The molecule has 132 valence electrons. The number of likely N-dealkylation sites (N-methyl/N-ethyl adjacent to an activating group) is 1. The van der Waals surface area contributed by atoms with Crippen LogP contribution in [-0.2, 0) is 18.4 Å². The highest BCUT2D eigenvalue weighted by molar-refractivity contribution is 5.86. The molecule has 1 aromatic heterocycles. The molecule has 1 aromatic carbocycles. The Morgan fingerprint density at radius 2 is 1.88 bits per heavy atom. The van der Waals surface area contributed by atoms with Crippen LogP contribution in [0.15, 0.2) is 42.7 Å². The summed E-state index contributed by atoms with van der Waals surface area (Å²) in [6, 6.07) is 10.6. The van der Waals surface area contributed by atoms with Crippen LogP contribution in [-0.4, -0.2) is 51.9 Å². The third kappa shape index (κ3) is 2.76. The average Bonchev–Trinajstić information content (AvgIpc) is 3.14. The second-order valence-electron chi connectivity index (χ2n) is 7.54. The molecule has 0 radical (unpaired) electrons. The van der Waals surface area contributed by atoms with Gasteiger partial charge in [-0.3, -0.25) is 9.69 Å². The van der Waals surface area contributed by atoms with E-state index in [2.05, 4.69) is 38.7 Å². The summed E-state index contributed by atoms with van der Waals surface area (Å²) < 4.78 is 2.08. The molecule has 0 saturated carbocycles. The fraction of sp³-hybridized carbons (Fsp3) is 0.500. The maximum Gasteiger partial charge on any atom is 0.229 e. The molecule has 0 aliphatic carbocycles. The maximum atomic E-state index is 13.0. The van der Waals surface area contributed by atoms with Crippen LogP contribution in [0.1, 0.15) is 30.1 Å². The van der Waals surface area contributed by atoms with Gasteiger partial charge in [0.25, 0.3) is 0 Å². The van der Waals surface area contributed by atoms with Crippen molar-refractivity contribution in [2.45, 2.75) is 25.3 Å². The zero-order valence-electron chi connectivity index (χ0n) is 15.1. The predicted octanol–water partition coefficient (Wildman–Crippen LogP) is 2.26. The number of hydrogen-bond acceptors (Lipinski definition) is 3. The molecule has 0 unspecified atom stereocenters. The zero-order chi connectivity index (χ0) is 17.4. The Labute approximate surface area is 149 Å². The molecule has 4 rings (SSSR count). The Balaban J connectivity index is 1.53. The standard InChI is InChI=1S/C20H26N4O/c1-22-13-10-21-18(22)15-24-11-8-20(9-12-24)17(14-23(2)19(20)25)16-6-4-3-5-7-16/h3-7,10,13,17H,8-9,11-12,14-15H2,1-2H3/t17-/m1/s1. The Kier molecular flexibility index (Phi) is 4.12. The molecule has 3 heterocycles. The van der Waals surface area contributed by atoms with Gasteiger partial charge in [-0.05, 0) is 31.5 Å². The maximum absolute atomic E-state index is 13.0. The lowest BCUT2D eigenvalue weighted by Crippen LogP contribution is -2.46. The molecule has 1 spiro atoms. The minimum atomic E-state index is -0.228. The average molecular weight is 338 g/mol. The lowest BCUT2D eigenvalue weighted by molar-refractivity contribution is -0.137. The number of carbonyl (C=O) groups is 1. The van der Waals surface area contributed by atoms with Crippen LogP contribution >= 0.6 is 0 Å². The quantitative estimate of drug-likeness (QED) is 0.862. The number of benzene rings is 1. The highest BCUT2D eigenvalue weighted by Gasteiger charge is 2.54.